The SMILES string of the molecule is CO[C@H](C)C(=O)Nc1ccc(F)c([C@]2(C)CN(C)S(=O)(=O)C(C)(C)C(N)=N2)c1. The van der Waals surface area contributed by atoms with Gasteiger partial charge in [0.1, 0.15) is 28.0 Å². The number of rotatable bonds is 4. The third-order valence-electron chi connectivity index (χ3n) is 5.11. The fourth-order valence-corrected chi connectivity index (χ4v) is 4.50. The molecule has 0 spiro atoms. The Hall–Kier alpha value is -2.04. The zero-order valence-electron chi connectivity index (χ0n) is 16.9. The Morgan fingerprint density at radius 2 is 2.00 bits per heavy atom. The lowest BCUT2D eigenvalue weighted by molar-refractivity contribution is -0.124. The van der Waals surface area contributed by atoms with Crippen LogP contribution in [-0.4, -0.2) is 56.0 Å². The third kappa shape index (κ3) is 3.76. The van der Waals surface area contributed by atoms with Crippen molar-refractivity contribution in [1.29, 1.82) is 0 Å². The minimum absolute atomic E-state index is 0.109. The number of nitrogens with two attached hydrogens (primary N) is 1. The van der Waals surface area contributed by atoms with Crippen LogP contribution in [0, 0.1) is 5.82 Å². The van der Waals surface area contributed by atoms with E-state index in [-0.39, 0.29) is 17.9 Å². The minimum Gasteiger partial charge on any atom is -0.386 e. The molecule has 1 aliphatic rings. The summed E-state index contributed by atoms with van der Waals surface area (Å²) < 4.78 is 45.0. The molecule has 10 heteroatoms. The van der Waals surface area contributed by atoms with E-state index in [1.807, 2.05) is 0 Å². The average molecular weight is 415 g/mol. The molecule has 0 radical (unpaired) electrons. The first kappa shape index (κ1) is 22.3. The lowest BCUT2D eigenvalue weighted by Crippen LogP contribution is -2.50. The molecule has 0 aromatic heterocycles. The molecule has 0 saturated carbocycles. The van der Waals surface area contributed by atoms with E-state index < -0.39 is 38.1 Å². The molecular weight excluding hydrogens is 387 g/mol. The summed E-state index contributed by atoms with van der Waals surface area (Å²) in [5.41, 5.74) is 5.21. The van der Waals surface area contributed by atoms with E-state index in [9.17, 15) is 17.6 Å². The van der Waals surface area contributed by atoms with Gasteiger partial charge in [-0.15, -0.1) is 0 Å². The number of carbonyl (C=O) groups is 1. The van der Waals surface area contributed by atoms with Gasteiger partial charge < -0.3 is 15.8 Å². The molecule has 0 unspecified atom stereocenters. The highest BCUT2D eigenvalue weighted by Gasteiger charge is 2.48. The Balaban J connectivity index is 2.55. The second kappa shape index (κ2) is 7.41. The fourth-order valence-electron chi connectivity index (χ4n) is 2.99. The molecule has 2 rings (SSSR count). The molecule has 1 heterocycles. The number of hydrogen-bond acceptors (Lipinski definition) is 6. The van der Waals surface area contributed by atoms with Crippen molar-refractivity contribution >= 4 is 27.5 Å². The van der Waals surface area contributed by atoms with E-state index in [4.69, 9.17) is 10.5 Å². The number of benzene rings is 1. The first-order valence-electron chi connectivity index (χ1n) is 8.71. The highest BCUT2D eigenvalue weighted by atomic mass is 32.2. The topological polar surface area (TPSA) is 114 Å². The van der Waals surface area contributed by atoms with E-state index >= 15 is 0 Å². The Morgan fingerprint density at radius 3 is 2.57 bits per heavy atom. The maximum atomic E-state index is 14.7. The van der Waals surface area contributed by atoms with Crippen molar-refractivity contribution in [3.8, 4) is 0 Å². The maximum absolute atomic E-state index is 14.7. The number of hydrogen-bond donors (Lipinski definition) is 2. The molecule has 1 aromatic rings. The number of likely N-dealkylation sites (N-methyl/N-ethyl adjacent to an activating group) is 1. The van der Waals surface area contributed by atoms with Crippen molar-refractivity contribution in [2.75, 3.05) is 26.0 Å². The molecule has 28 heavy (non-hydrogen) atoms. The summed E-state index contributed by atoms with van der Waals surface area (Å²) in [5, 5.41) is 2.64. The van der Waals surface area contributed by atoms with Crippen LogP contribution in [0.15, 0.2) is 23.2 Å². The predicted octanol–water partition coefficient (Wildman–Crippen LogP) is 1.43. The number of methoxy groups -OCH3 is 1. The van der Waals surface area contributed by atoms with Gasteiger partial charge in [-0.3, -0.25) is 9.79 Å². The summed E-state index contributed by atoms with van der Waals surface area (Å²) in [7, 11) is -0.977. The van der Waals surface area contributed by atoms with Crippen molar-refractivity contribution in [2.45, 2.75) is 44.1 Å². The Kier molecular flexibility index (Phi) is 5.89. The van der Waals surface area contributed by atoms with Gasteiger partial charge in [0.05, 0.1) is 0 Å². The highest BCUT2D eigenvalue weighted by Crippen LogP contribution is 2.36. The molecule has 0 fully saturated rings. The number of ether oxygens (including phenoxy) is 1. The summed E-state index contributed by atoms with van der Waals surface area (Å²) in [5.74, 6) is -1.08. The number of anilines is 1. The van der Waals surface area contributed by atoms with Gasteiger partial charge in [-0.05, 0) is 45.9 Å². The number of halogens is 1. The van der Waals surface area contributed by atoms with Crippen LogP contribution in [0.1, 0.15) is 33.3 Å². The van der Waals surface area contributed by atoms with Crippen molar-refractivity contribution in [2.24, 2.45) is 10.7 Å². The number of amidine groups is 1. The molecule has 8 nitrogen and oxygen atoms in total. The highest BCUT2D eigenvalue weighted by molar-refractivity contribution is 7.91. The van der Waals surface area contributed by atoms with Crippen LogP contribution in [0.5, 0.6) is 0 Å². The zero-order valence-corrected chi connectivity index (χ0v) is 17.7. The van der Waals surface area contributed by atoms with Crippen LogP contribution in [0.25, 0.3) is 0 Å². The van der Waals surface area contributed by atoms with Gasteiger partial charge in [0.2, 0.25) is 10.0 Å². The van der Waals surface area contributed by atoms with Crippen LogP contribution in [0.3, 0.4) is 0 Å². The van der Waals surface area contributed by atoms with Crippen LogP contribution < -0.4 is 11.1 Å². The number of amides is 1. The number of nitrogens with one attached hydrogen (secondary N) is 1. The summed E-state index contributed by atoms with van der Waals surface area (Å²) in [4.78, 5) is 16.5. The maximum Gasteiger partial charge on any atom is 0.253 e. The molecule has 0 saturated heterocycles. The predicted molar refractivity (Wildman–Crippen MR) is 106 cm³/mol. The quantitative estimate of drug-likeness (QED) is 0.774. The number of sulfonamides is 1. The fraction of sp³-hybridized carbons (Fsp3) is 0.556. The molecule has 0 bridgehead atoms. The molecule has 0 aliphatic carbocycles. The van der Waals surface area contributed by atoms with Gasteiger partial charge in [0.15, 0.2) is 0 Å². The van der Waals surface area contributed by atoms with E-state index in [0.29, 0.717) is 5.69 Å². The number of nitrogens with zero attached hydrogens (tertiary/aromatic N) is 2. The van der Waals surface area contributed by atoms with Crippen molar-refractivity contribution in [3.05, 3.63) is 29.6 Å². The van der Waals surface area contributed by atoms with Crippen molar-refractivity contribution in [3.63, 3.8) is 0 Å². The smallest absolute Gasteiger partial charge is 0.253 e. The summed E-state index contributed by atoms with van der Waals surface area (Å²) in [6, 6.07) is 4.05. The lowest BCUT2D eigenvalue weighted by atomic mass is 9.91. The second-order valence-corrected chi connectivity index (χ2v) is 10.2. The Labute approximate surface area is 165 Å². The summed E-state index contributed by atoms with van der Waals surface area (Å²) in [6.45, 7) is 6.00. The van der Waals surface area contributed by atoms with Gasteiger partial charge in [-0.2, -0.15) is 0 Å². The van der Waals surface area contributed by atoms with E-state index in [0.717, 1.165) is 4.31 Å². The van der Waals surface area contributed by atoms with Crippen LogP contribution in [0.4, 0.5) is 10.1 Å². The first-order chi connectivity index (χ1) is 12.8. The normalized spacial score (nSPS) is 25.5. The van der Waals surface area contributed by atoms with Gasteiger partial charge in [0, 0.05) is 32.0 Å². The third-order valence-corrected chi connectivity index (χ3v) is 7.56. The number of carbonyl (C=O) groups excluding carboxylic acids is 1. The zero-order chi connectivity index (χ0) is 21.5. The van der Waals surface area contributed by atoms with Crippen molar-refractivity contribution < 1.29 is 22.3 Å². The molecule has 3 N–H and O–H groups in total. The van der Waals surface area contributed by atoms with Crippen LogP contribution in [0.2, 0.25) is 0 Å². The molecule has 1 amide bonds. The first-order valence-corrected chi connectivity index (χ1v) is 10.2. The Bertz CT molecular complexity index is 916. The van der Waals surface area contributed by atoms with Gasteiger partial charge >= 0.3 is 0 Å². The van der Waals surface area contributed by atoms with Crippen LogP contribution >= 0.6 is 0 Å². The van der Waals surface area contributed by atoms with E-state index in [1.165, 1.54) is 46.2 Å². The lowest BCUT2D eigenvalue weighted by Gasteiger charge is -2.29. The monoisotopic (exact) mass is 414 g/mol. The summed E-state index contributed by atoms with van der Waals surface area (Å²) >= 11 is 0. The van der Waals surface area contributed by atoms with Gasteiger partial charge in [-0.1, -0.05) is 0 Å². The number of aliphatic imine (C=N–C) groups is 1. The molecular formula is C18H27FN4O4S. The molecule has 1 aliphatic heterocycles. The summed E-state index contributed by atoms with van der Waals surface area (Å²) in [6.07, 6.45) is -0.687. The molecule has 1 aromatic carbocycles. The standard InChI is InChI=1S/C18H27FN4O4S/c1-11(27-6)15(24)21-12-7-8-14(19)13(9-12)18(4)10-23(5)28(25,26)17(2,3)16(20)22-18/h7-9,11H,10H2,1-6H3,(H2,20,22)(H,21,24)/t11-,18+/m1/s1. The van der Waals surface area contributed by atoms with Gasteiger partial charge in [0.25, 0.3) is 5.91 Å². The molecule has 2 atom stereocenters. The van der Waals surface area contributed by atoms with Gasteiger partial charge in [-0.25, -0.2) is 17.1 Å². The van der Waals surface area contributed by atoms with E-state index in [1.54, 1.807) is 13.8 Å². The largest absolute Gasteiger partial charge is 0.386 e. The second-order valence-electron chi connectivity index (χ2n) is 7.60. The van der Waals surface area contributed by atoms with Crippen LogP contribution in [-0.2, 0) is 25.1 Å². The average Bonchev–Trinajstić information content (AvgIpc) is 2.65. The van der Waals surface area contributed by atoms with Crippen molar-refractivity contribution in [1.82, 2.24) is 4.31 Å². The Morgan fingerprint density at radius 1 is 1.39 bits per heavy atom. The minimum atomic E-state index is -3.79. The molecule has 156 valence electrons. The van der Waals surface area contributed by atoms with E-state index in [2.05, 4.69) is 10.3 Å².